The van der Waals surface area contributed by atoms with Crippen LogP contribution in [0.15, 0.2) is 18.2 Å². The van der Waals surface area contributed by atoms with Crippen LogP contribution < -0.4 is 5.32 Å². The highest BCUT2D eigenvalue weighted by Gasteiger charge is 2.14. The fourth-order valence-electron chi connectivity index (χ4n) is 1.87. The number of aryl methyl sites for hydroxylation is 1. The normalized spacial score (nSPS) is 16.6. The van der Waals surface area contributed by atoms with E-state index in [2.05, 4.69) is 10.2 Å². The standard InChI is InChI=1S/C13H17ClN2O2/c1-10-2-3-12(11(14)8-10)15-13(17)9-16-4-6-18-7-5-16/h2-3,8H,4-7,9H2,1H3,(H,15,17). The number of halogens is 1. The van der Waals surface area contributed by atoms with Gasteiger partial charge in [0.25, 0.3) is 0 Å². The topological polar surface area (TPSA) is 41.6 Å². The summed E-state index contributed by atoms with van der Waals surface area (Å²) in [6.07, 6.45) is 0. The largest absolute Gasteiger partial charge is 0.379 e. The van der Waals surface area contributed by atoms with Gasteiger partial charge in [-0.15, -0.1) is 0 Å². The number of hydrogen-bond acceptors (Lipinski definition) is 3. The summed E-state index contributed by atoms with van der Waals surface area (Å²) in [6.45, 7) is 5.33. The van der Waals surface area contributed by atoms with Crippen LogP contribution in [0, 0.1) is 6.92 Å². The Bertz CT molecular complexity index is 431. The van der Waals surface area contributed by atoms with Crippen LogP contribution in [0.1, 0.15) is 5.56 Å². The molecule has 2 rings (SSSR count). The minimum Gasteiger partial charge on any atom is -0.379 e. The number of carbonyl (C=O) groups is 1. The van der Waals surface area contributed by atoms with Crippen molar-refractivity contribution >= 4 is 23.2 Å². The second-order valence-corrected chi connectivity index (χ2v) is 4.83. The van der Waals surface area contributed by atoms with Crippen LogP contribution in [0.3, 0.4) is 0 Å². The molecule has 98 valence electrons. The summed E-state index contributed by atoms with van der Waals surface area (Å²) in [4.78, 5) is 13.9. The first-order chi connectivity index (χ1) is 8.65. The smallest absolute Gasteiger partial charge is 0.238 e. The van der Waals surface area contributed by atoms with Crippen molar-refractivity contribution in [1.82, 2.24) is 4.90 Å². The summed E-state index contributed by atoms with van der Waals surface area (Å²) in [7, 11) is 0. The van der Waals surface area contributed by atoms with E-state index >= 15 is 0 Å². The molecule has 1 aliphatic heterocycles. The molecule has 18 heavy (non-hydrogen) atoms. The molecule has 0 spiro atoms. The Morgan fingerprint density at radius 1 is 1.44 bits per heavy atom. The van der Waals surface area contributed by atoms with Crippen LogP contribution in [0.5, 0.6) is 0 Å². The van der Waals surface area contributed by atoms with Crippen molar-refractivity contribution in [2.45, 2.75) is 6.92 Å². The zero-order valence-corrected chi connectivity index (χ0v) is 11.2. The van der Waals surface area contributed by atoms with E-state index in [0.29, 0.717) is 30.5 Å². The second-order valence-electron chi connectivity index (χ2n) is 4.42. The average molecular weight is 269 g/mol. The number of rotatable bonds is 3. The summed E-state index contributed by atoms with van der Waals surface area (Å²) in [5, 5.41) is 3.41. The van der Waals surface area contributed by atoms with Gasteiger partial charge in [0.15, 0.2) is 0 Å². The number of morpholine rings is 1. The predicted molar refractivity (Wildman–Crippen MR) is 72.1 cm³/mol. The number of nitrogens with one attached hydrogen (secondary N) is 1. The Morgan fingerprint density at radius 2 is 2.17 bits per heavy atom. The van der Waals surface area contributed by atoms with E-state index in [1.165, 1.54) is 0 Å². The van der Waals surface area contributed by atoms with Gasteiger partial charge in [0.05, 0.1) is 30.5 Å². The van der Waals surface area contributed by atoms with Crippen molar-refractivity contribution in [3.05, 3.63) is 28.8 Å². The average Bonchev–Trinajstić information content (AvgIpc) is 2.34. The van der Waals surface area contributed by atoms with Crippen molar-refractivity contribution in [2.24, 2.45) is 0 Å². The fraction of sp³-hybridized carbons (Fsp3) is 0.462. The first-order valence-electron chi connectivity index (χ1n) is 6.01. The van der Waals surface area contributed by atoms with E-state index in [0.717, 1.165) is 18.7 Å². The molecule has 0 saturated carbocycles. The van der Waals surface area contributed by atoms with Crippen LogP contribution in [0.2, 0.25) is 5.02 Å². The molecule has 1 fully saturated rings. The maximum Gasteiger partial charge on any atom is 0.238 e. The lowest BCUT2D eigenvalue weighted by atomic mass is 10.2. The van der Waals surface area contributed by atoms with Crippen molar-refractivity contribution in [3.63, 3.8) is 0 Å². The molecular formula is C13H17ClN2O2. The Hall–Kier alpha value is -1.10. The molecule has 0 unspecified atom stereocenters. The molecule has 1 amide bonds. The minimum absolute atomic E-state index is 0.0392. The number of amides is 1. The number of ether oxygens (including phenoxy) is 1. The quantitative estimate of drug-likeness (QED) is 0.911. The minimum atomic E-state index is -0.0392. The molecule has 1 aromatic rings. The van der Waals surface area contributed by atoms with Crippen molar-refractivity contribution in [2.75, 3.05) is 38.2 Å². The first-order valence-corrected chi connectivity index (χ1v) is 6.39. The third-order valence-corrected chi connectivity index (χ3v) is 3.18. The van der Waals surface area contributed by atoms with Crippen LogP contribution in [-0.2, 0) is 9.53 Å². The highest BCUT2D eigenvalue weighted by Crippen LogP contribution is 2.22. The Labute approximate surface area is 112 Å². The van der Waals surface area contributed by atoms with Gasteiger partial charge in [0, 0.05) is 13.1 Å². The van der Waals surface area contributed by atoms with Gasteiger partial charge in [-0.2, -0.15) is 0 Å². The van der Waals surface area contributed by atoms with Crippen molar-refractivity contribution in [3.8, 4) is 0 Å². The lowest BCUT2D eigenvalue weighted by Crippen LogP contribution is -2.41. The molecule has 4 nitrogen and oxygen atoms in total. The van der Waals surface area contributed by atoms with E-state index in [4.69, 9.17) is 16.3 Å². The molecule has 1 N–H and O–H groups in total. The lowest BCUT2D eigenvalue weighted by molar-refractivity contribution is -0.118. The fourth-order valence-corrected chi connectivity index (χ4v) is 2.16. The number of carbonyl (C=O) groups excluding carboxylic acids is 1. The Morgan fingerprint density at radius 3 is 2.83 bits per heavy atom. The van der Waals surface area contributed by atoms with Crippen LogP contribution in [0.25, 0.3) is 0 Å². The summed E-state index contributed by atoms with van der Waals surface area (Å²) >= 11 is 6.07. The summed E-state index contributed by atoms with van der Waals surface area (Å²) in [5.41, 5.74) is 1.74. The highest BCUT2D eigenvalue weighted by atomic mass is 35.5. The summed E-state index contributed by atoms with van der Waals surface area (Å²) in [6, 6.07) is 5.59. The molecule has 0 aromatic heterocycles. The molecule has 1 heterocycles. The zero-order valence-electron chi connectivity index (χ0n) is 10.4. The van der Waals surface area contributed by atoms with Crippen molar-refractivity contribution < 1.29 is 9.53 Å². The third kappa shape index (κ3) is 3.70. The highest BCUT2D eigenvalue weighted by molar-refractivity contribution is 6.33. The molecule has 1 aromatic carbocycles. The molecule has 0 radical (unpaired) electrons. The van der Waals surface area contributed by atoms with Gasteiger partial charge in [-0.25, -0.2) is 0 Å². The zero-order chi connectivity index (χ0) is 13.0. The van der Waals surface area contributed by atoms with Gasteiger partial charge < -0.3 is 10.1 Å². The molecular weight excluding hydrogens is 252 g/mol. The van der Waals surface area contributed by atoms with E-state index in [9.17, 15) is 4.79 Å². The molecule has 1 saturated heterocycles. The lowest BCUT2D eigenvalue weighted by Gasteiger charge is -2.25. The summed E-state index contributed by atoms with van der Waals surface area (Å²) in [5.74, 6) is -0.0392. The molecule has 0 aliphatic carbocycles. The van der Waals surface area contributed by atoms with Gasteiger partial charge in [-0.05, 0) is 24.6 Å². The number of hydrogen-bond donors (Lipinski definition) is 1. The van der Waals surface area contributed by atoms with Crippen LogP contribution >= 0.6 is 11.6 Å². The predicted octanol–water partition coefficient (Wildman–Crippen LogP) is 1.92. The van der Waals surface area contributed by atoms with Gasteiger partial charge in [0.1, 0.15) is 0 Å². The van der Waals surface area contributed by atoms with Gasteiger partial charge in [-0.1, -0.05) is 17.7 Å². The number of nitrogens with zero attached hydrogens (tertiary/aromatic N) is 1. The Balaban J connectivity index is 1.90. The van der Waals surface area contributed by atoms with Gasteiger partial charge >= 0.3 is 0 Å². The summed E-state index contributed by atoms with van der Waals surface area (Å²) < 4.78 is 5.24. The van der Waals surface area contributed by atoms with E-state index in [1.54, 1.807) is 0 Å². The monoisotopic (exact) mass is 268 g/mol. The maximum absolute atomic E-state index is 11.9. The molecule has 1 aliphatic rings. The number of benzene rings is 1. The molecule has 5 heteroatoms. The van der Waals surface area contributed by atoms with E-state index in [-0.39, 0.29) is 5.91 Å². The maximum atomic E-state index is 11.9. The van der Waals surface area contributed by atoms with Crippen LogP contribution in [0.4, 0.5) is 5.69 Å². The second kappa shape index (κ2) is 6.18. The van der Waals surface area contributed by atoms with E-state index in [1.807, 2.05) is 25.1 Å². The SMILES string of the molecule is Cc1ccc(NC(=O)CN2CCOCC2)c(Cl)c1. The van der Waals surface area contributed by atoms with E-state index < -0.39 is 0 Å². The van der Waals surface area contributed by atoms with Gasteiger partial charge in [0.2, 0.25) is 5.91 Å². The van der Waals surface area contributed by atoms with Crippen LogP contribution in [-0.4, -0.2) is 43.7 Å². The Kier molecular flexibility index (Phi) is 4.58. The third-order valence-electron chi connectivity index (χ3n) is 2.87. The van der Waals surface area contributed by atoms with Gasteiger partial charge in [-0.3, -0.25) is 9.69 Å². The molecule has 0 atom stereocenters. The first kappa shape index (κ1) is 13.3. The number of anilines is 1. The molecule has 0 bridgehead atoms. The van der Waals surface area contributed by atoms with Crippen molar-refractivity contribution in [1.29, 1.82) is 0 Å².